The van der Waals surface area contributed by atoms with Crippen molar-refractivity contribution in [2.75, 3.05) is 6.61 Å². The van der Waals surface area contributed by atoms with Crippen molar-refractivity contribution in [3.8, 4) is 0 Å². The summed E-state index contributed by atoms with van der Waals surface area (Å²) in [5.74, 6) is 0. The standard InChI is InChI=1S/C11H22O2Si/c1-11(2,3)13-8-9-14-10-6-4-5-7-12-10/h8-10H,4-7,14H2,1-3H3. The van der Waals surface area contributed by atoms with Gasteiger partial charge in [0.2, 0.25) is 0 Å². The Morgan fingerprint density at radius 3 is 2.71 bits per heavy atom. The Morgan fingerprint density at radius 1 is 1.36 bits per heavy atom. The molecule has 1 fully saturated rings. The van der Waals surface area contributed by atoms with Crippen LogP contribution in [-0.2, 0) is 9.47 Å². The number of ether oxygens (including phenoxy) is 2. The first-order valence-electron chi connectivity index (χ1n) is 5.52. The van der Waals surface area contributed by atoms with Gasteiger partial charge in [0, 0.05) is 12.3 Å². The third kappa shape index (κ3) is 5.45. The average Bonchev–Trinajstić information content (AvgIpc) is 2.13. The fraction of sp³-hybridized carbons (Fsp3) is 0.818. The zero-order chi connectivity index (χ0) is 10.4. The summed E-state index contributed by atoms with van der Waals surface area (Å²) < 4.78 is 11.2. The van der Waals surface area contributed by atoms with Crippen molar-refractivity contribution in [3.63, 3.8) is 0 Å². The van der Waals surface area contributed by atoms with Crippen LogP contribution in [0.3, 0.4) is 0 Å². The largest absolute Gasteiger partial charge is 0.497 e. The highest BCUT2D eigenvalue weighted by Crippen LogP contribution is 2.12. The van der Waals surface area contributed by atoms with Gasteiger partial charge >= 0.3 is 0 Å². The number of hydrogen-bond donors (Lipinski definition) is 0. The average molecular weight is 214 g/mol. The van der Waals surface area contributed by atoms with Crippen LogP contribution in [0, 0.1) is 0 Å². The minimum atomic E-state index is -0.231. The third-order valence-electron chi connectivity index (χ3n) is 2.19. The van der Waals surface area contributed by atoms with Gasteiger partial charge in [-0.2, -0.15) is 0 Å². The molecule has 1 unspecified atom stereocenters. The summed E-state index contributed by atoms with van der Waals surface area (Å²) in [7, 11) is -0.231. The minimum Gasteiger partial charge on any atom is -0.497 e. The Bertz CT molecular complexity index is 178. The van der Waals surface area contributed by atoms with E-state index in [1.807, 2.05) is 6.26 Å². The zero-order valence-corrected chi connectivity index (χ0v) is 11.0. The van der Waals surface area contributed by atoms with Crippen LogP contribution < -0.4 is 0 Å². The summed E-state index contributed by atoms with van der Waals surface area (Å²) in [5.41, 5.74) is 2.71. The van der Waals surface area contributed by atoms with Gasteiger partial charge < -0.3 is 9.47 Å². The van der Waals surface area contributed by atoms with E-state index in [1.54, 1.807) is 0 Å². The molecule has 0 saturated carbocycles. The lowest BCUT2D eigenvalue weighted by atomic mass is 10.2. The fourth-order valence-electron chi connectivity index (χ4n) is 1.45. The number of rotatable bonds is 3. The second kappa shape index (κ2) is 5.56. The first kappa shape index (κ1) is 11.8. The van der Waals surface area contributed by atoms with E-state index in [0.29, 0.717) is 5.73 Å². The number of hydrogen-bond acceptors (Lipinski definition) is 2. The summed E-state index contributed by atoms with van der Waals surface area (Å²) in [6, 6.07) is 0. The Balaban J connectivity index is 2.12. The smallest absolute Gasteiger partial charge is 0.0997 e. The molecule has 1 aliphatic rings. The molecule has 0 radical (unpaired) electrons. The van der Waals surface area contributed by atoms with E-state index in [4.69, 9.17) is 9.47 Å². The van der Waals surface area contributed by atoms with Crippen LogP contribution in [0.4, 0.5) is 0 Å². The van der Waals surface area contributed by atoms with Gasteiger partial charge in [-0.25, -0.2) is 0 Å². The summed E-state index contributed by atoms with van der Waals surface area (Å²) in [6.07, 6.45) is 5.70. The maximum absolute atomic E-state index is 5.67. The van der Waals surface area contributed by atoms with Crippen LogP contribution in [0.25, 0.3) is 0 Å². The normalized spacial score (nSPS) is 24.9. The van der Waals surface area contributed by atoms with Crippen molar-refractivity contribution < 1.29 is 9.47 Å². The van der Waals surface area contributed by atoms with Gasteiger partial charge in [0.05, 0.1) is 21.4 Å². The van der Waals surface area contributed by atoms with Gasteiger partial charge in [0.1, 0.15) is 0 Å². The molecule has 0 N–H and O–H groups in total. The van der Waals surface area contributed by atoms with Crippen molar-refractivity contribution in [2.24, 2.45) is 0 Å². The van der Waals surface area contributed by atoms with Crippen molar-refractivity contribution in [1.82, 2.24) is 0 Å². The fourth-order valence-corrected chi connectivity index (χ4v) is 2.79. The van der Waals surface area contributed by atoms with Crippen LogP contribution in [0.2, 0.25) is 0 Å². The first-order chi connectivity index (χ1) is 6.58. The van der Waals surface area contributed by atoms with E-state index >= 15 is 0 Å². The van der Waals surface area contributed by atoms with E-state index < -0.39 is 0 Å². The monoisotopic (exact) mass is 214 g/mol. The highest BCUT2D eigenvalue weighted by Gasteiger charge is 2.12. The van der Waals surface area contributed by atoms with E-state index in [9.17, 15) is 0 Å². The summed E-state index contributed by atoms with van der Waals surface area (Å²) in [5, 5.41) is 0. The predicted molar refractivity (Wildman–Crippen MR) is 62.1 cm³/mol. The van der Waals surface area contributed by atoms with Gasteiger partial charge in [-0.05, 0) is 40.0 Å². The molecule has 82 valence electrons. The molecule has 0 aliphatic carbocycles. The molecular weight excluding hydrogens is 192 g/mol. The Kier molecular flexibility index (Phi) is 4.68. The summed E-state index contributed by atoms with van der Waals surface area (Å²) in [6.45, 7) is 7.16. The van der Waals surface area contributed by atoms with Crippen molar-refractivity contribution >= 4 is 9.52 Å². The van der Waals surface area contributed by atoms with Gasteiger partial charge in [-0.3, -0.25) is 0 Å². The molecule has 0 amide bonds. The summed E-state index contributed by atoms with van der Waals surface area (Å²) >= 11 is 0. The van der Waals surface area contributed by atoms with Crippen LogP contribution in [0.5, 0.6) is 0 Å². The predicted octanol–water partition coefficient (Wildman–Crippen LogP) is 1.97. The lowest BCUT2D eigenvalue weighted by Gasteiger charge is -2.21. The Labute approximate surface area is 89.5 Å². The highest BCUT2D eigenvalue weighted by atomic mass is 28.2. The maximum Gasteiger partial charge on any atom is 0.0997 e. The minimum absolute atomic E-state index is 0.0572. The van der Waals surface area contributed by atoms with E-state index in [0.717, 1.165) is 6.61 Å². The highest BCUT2D eigenvalue weighted by molar-refractivity contribution is 6.43. The molecule has 1 aliphatic heterocycles. The van der Waals surface area contributed by atoms with Crippen LogP contribution in [0.1, 0.15) is 40.0 Å². The molecule has 0 aromatic rings. The third-order valence-corrected chi connectivity index (χ3v) is 3.83. The van der Waals surface area contributed by atoms with E-state index in [1.165, 1.54) is 19.3 Å². The van der Waals surface area contributed by atoms with Crippen LogP contribution in [0.15, 0.2) is 12.0 Å². The van der Waals surface area contributed by atoms with Crippen molar-refractivity contribution in [3.05, 3.63) is 12.0 Å². The molecule has 1 rings (SSSR count). The van der Waals surface area contributed by atoms with Gasteiger partial charge in [0.25, 0.3) is 0 Å². The van der Waals surface area contributed by atoms with Crippen molar-refractivity contribution in [2.45, 2.75) is 51.4 Å². The molecule has 1 atom stereocenters. The molecule has 0 spiro atoms. The van der Waals surface area contributed by atoms with E-state index in [2.05, 4.69) is 26.5 Å². The molecular formula is C11H22O2Si. The summed E-state index contributed by atoms with van der Waals surface area (Å²) in [4.78, 5) is 0. The molecule has 2 nitrogen and oxygen atoms in total. The van der Waals surface area contributed by atoms with E-state index in [-0.39, 0.29) is 15.1 Å². The lowest BCUT2D eigenvalue weighted by molar-refractivity contribution is 0.0649. The van der Waals surface area contributed by atoms with Gasteiger partial charge in [-0.15, -0.1) is 0 Å². The quantitative estimate of drug-likeness (QED) is 0.528. The van der Waals surface area contributed by atoms with Crippen molar-refractivity contribution in [1.29, 1.82) is 0 Å². The molecule has 14 heavy (non-hydrogen) atoms. The molecule has 0 aromatic heterocycles. The van der Waals surface area contributed by atoms with Crippen LogP contribution >= 0.6 is 0 Å². The Morgan fingerprint density at radius 2 is 2.14 bits per heavy atom. The zero-order valence-electron chi connectivity index (χ0n) is 9.58. The molecule has 0 aromatic carbocycles. The van der Waals surface area contributed by atoms with Gasteiger partial charge in [0.15, 0.2) is 0 Å². The SMILES string of the molecule is CC(C)(C)OC=C[SiH2]C1CCCCO1. The topological polar surface area (TPSA) is 18.5 Å². The first-order valence-corrected chi connectivity index (χ1v) is 7.16. The second-order valence-electron chi connectivity index (χ2n) is 4.83. The van der Waals surface area contributed by atoms with Crippen LogP contribution in [-0.4, -0.2) is 27.5 Å². The van der Waals surface area contributed by atoms with Gasteiger partial charge in [-0.1, -0.05) is 5.70 Å². The molecule has 1 saturated heterocycles. The molecule has 0 bridgehead atoms. The maximum atomic E-state index is 5.67. The second-order valence-corrected chi connectivity index (χ2v) is 6.68. The lowest BCUT2D eigenvalue weighted by Crippen LogP contribution is -2.24. The molecule has 3 heteroatoms. The molecule has 1 heterocycles. The Hall–Kier alpha value is -0.283.